The average Bonchev–Trinajstić information content (AvgIpc) is 3.22. The van der Waals surface area contributed by atoms with Crippen molar-refractivity contribution in [2.45, 2.75) is 19.6 Å². The van der Waals surface area contributed by atoms with Crippen LogP contribution in [0, 0.1) is 12.8 Å². The number of carbonyl (C=O) groups excluding carboxylic acids is 1. The number of aromatic nitrogens is 1. The van der Waals surface area contributed by atoms with E-state index in [2.05, 4.69) is 26.7 Å². The number of nitrogens with zero attached hydrogens (tertiary/aromatic N) is 3. The summed E-state index contributed by atoms with van der Waals surface area (Å²) >= 11 is 1.74. The van der Waals surface area contributed by atoms with E-state index >= 15 is 0 Å². The third-order valence-electron chi connectivity index (χ3n) is 5.04. The van der Waals surface area contributed by atoms with Crippen molar-refractivity contribution < 1.29 is 9.53 Å². The fourth-order valence-corrected chi connectivity index (χ4v) is 4.35. The van der Waals surface area contributed by atoms with Crippen molar-refractivity contribution in [1.29, 1.82) is 0 Å². The number of amides is 1. The normalized spacial score (nSPS) is 24.1. The molecule has 2 aliphatic heterocycles. The summed E-state index contributed by atoms with van der Waals surface area (Å²) in [6.07, 6.45) is 1.82. The van der Waals surface area contributed by atoms with Crippen LogP contribution < -0.4 is 0 Å². The minimum Gasteiger partial charge on any atom is -0.375 e. The van der Waals surface area contributed by atoms with Crippen molar-refractivity contribution in [3.63, 3.8) is 0 Å². The summed E-state index contributed by atoms with van der Waals surface area (Å²) in [4.78, 5) is 21.4. The second-order valence-corrected chi connectivity index (χ2v) is 7.71. The Balaban J connectivity index is 1.41. The SMILES string of the molecule is Cc1ccc(C(=O)N2C[C@@H]3CN(Cc4ccsc4)CCO[C@@H]3C2)cn1. The standard InChI is InChI=1S/C19H23N3O2S/c1-14-2-3-16(8-20-14)19(23)22-11-17-10-21(5-6-24-18(17)12-22)9-15-4-7-25-13-15/h2-4,7-8,13,17-18H,5-6,9-12H2,1H3/t17-,18+/m0/s1. The van der Waals surface area contributed by atoms with Gasteiger partial charge in [-0.05, 0) is 41.4 Å². The molecule has 2 fully saturated rings. The van der Waals surface area contributed by atoms with Crippen LogP contribution in [0.15, 0.2) is 35.2 Å². The van der Waals surface area contributed by atoms with E-state index in [9.17, 15) is 4.79 Å². The van der Waals surface area contributed by atoms with Gasteiger partial charge in [0.25, 0.3) is 5.91 Å². The Bertz CT molecular complexity index is 717. The van der Waals surface area contributed by atoms with Gasteiger partial charge in [-0.2, -0.15) is 11.3 Å². The first kappa shape index (κ1) is 16.7. The molecule has 132 valence electrons. The van der Waals surface area contributed by atoms with Gasteiger partial charge < -0.3 is 9.64 Å². The molecule has 0 bridgehead atoms. The third kappa shape index (κ3) is 3.76. The van der Waals surface area contributed by atoms with Gasteiger partial charge in [0.1, 0.15) is 0 Å². The van der Waals surface area contributed by atoms with Gasteiger partial charge in [0.05, 0.1) is 18.3 Å². The molecule has 0 N–H and O–H groups in total. The highest BCUT2D eigenvalue weighted by molar-refractivity contribution is 7.07. The Morgan fingerprint density at radius 1 is 1.32 bits per heavy atom. The lowest BCUT2D eigenvalue weighted by molar-refractivity contribution is 0.0483. The molecular weight excluding hydrogens is 334 g/mol. The van der Waals surface area contributed by atoms with Crippen LogP contribution >= 0.6 is 11.3 Å². The number of hydrogen-bond acceptors (Lipinski definition) is 5. The number of likely N-dealkylation sites (tertiary alicyclic amines) is 1. The van der Waals surface area contributed by atoms with Crippen LogP contribution in [0.5, 0.6) is 0 Å². The summed E-state index contributed by atoms with van der Waals surface area (Å²) in [5.74, 6) is 0.442. The number of carbonyl (C=O) groups is 1. The molecule has 4 heterocycles. The Morgan fingerprint density at radius 3 is 3.00 bits per heavy atom. The van der Waals surface area contributed by atoms with E-state index in [0.29, 0.717) is 18.0 Å². The third-order valence-corrected chi connectivity index (χ3v) is 5.78. The number of fused-ring (bicyclic) bond motifs is 1. The Labute approximate surface area is 152 Å². The lowest BCUT2D eigenvalue weighted by Gasteiger charge is -2.23. The van der Waals surface area contributed by atoms with Crippen LogP contribution in [0.3, 0.4) is 0 Å². The predicted molar refractivity (Wildman–Crippen MR) is 97.7 cm³/mol. The average molecular weight is 357 g/mol. The van der Waals surface area contributed by atoms with E-state index in [1.807, 2.05) is 24.0 Å². The Kier molecular flexibility index (Phi) is 4.83. The first-order valence-corrected chi connectivity index (χ1v) is 9.70. The smallest absolute Gasteiger partial charge is 0.255 e. The van der Waals surface area contributed by atoms with Crippen molar-refractivity contribution >= 4 is 17.2 Å². The molecular formula is C19H23N3O2S. The number of rotatable bonds is 3. The minimum absolute atomic E-state index is 0.0635. The molecule has 0 radical (unpaired) electrons. The maximum atomic E-state index is 12.7. The summed E-state index contributed by atoms with van der Waals surface area (Å²) in [5, 5.41) is 4.33. The fourth-order valence-electron chi connectivity index (χ4n) is 3.69. The molecule has 0 aromatic carbocycles. The summed E-state index contributed by atoms with van der Waals surface area (Å²) in [6.45, 7) is 7.01. The second kappa shape index (κ2) is 7.23. The summed E-state index contributed by atoms with van der Waals surface area (Å²) < 4.78 is 6.06. The van der Waals surface area contributed by atoms with E-state index in [1.54, 1.807) is 17.5 Å². The summed E-state index contributed by atoms with van der Waals surface area (Å²) in [7, 11) is 0. The van der Waals surface area contributed by atoms with Crippen LogP contribution in [-0.2, 0) is 11.3 Å². The molecule has 2 aliphatic rings. The Morgan fingerprint density at radius 2 is 2.24 bits per heavy atom. The molecule has 2 saturated heterocycles. The van der Waals surface area contributed by atoms with E-state index < -0.39 is 0 Å². The maximum Gasteiger partial charge on any atom is 0.255 e. The number of pyridine rings is 1. The molecule has 2 aromatic heterocycles. The molecule has 1 amide bonds. The van der Waals surface area contributed by atoms with Gasteiger partial charge in [0.15, 0.2) is 0 Å². The molecule has 4 rings (SSSR count). The Hall–Kier alpha value is -1.76. The van der Waals surface area contributed by atoms with Gasteiger partial charge >= 0.3 is 0 Å². The molecule has 2 atom stereocenters. The van der Waals surface area contributed by atoms with E-state index in [-0.39, 0.29) is 12.0 Å². The van der Waals surface area contributed by atoms with Gasteiger partial charge in [-0.3, -0.25) is 14.7 Å². The van der Waals surface area contributed by atoms with Gasteiger partial charge in [-0.25, -0.2) is 0 Å². The molecule has 2 aromatic rings. The number of aryl methyl sites for hydroxylation is 1. The fraction of sp³-hybridized carbons (Fsp3) is 0.474. The maximum absolute atomic E-state index is 12.7. The van der Waals surface area contributed by atoms with Gasteiger partial charge in [0, 0.05) is 50.5 Å². The predicted octanol–water partition coefficient (Wildman–Crippen LogP) is 2.42. The number of hydrogen-bond donors (Lipinski definition) is 0. The molecule has 0 unspecified atom stereocenters. The number of ether oxygens (including phenoxy) is 1. The zero-order valence-corrected chi connectivity index (χ0v) is 15.2. The zero-order chi connectivity index (χ0) is 17.2. The monoisotopic (exact) mass is 357 g/mol. The summed E-state index contributed by atoms with van der Waals surface area (Å²) in [5.41, 5.74) is 2.95. The first-order chi connectivity index (χ1) is 12.2. The molecule has 25 heavy (non-hydrogen) atoms. The first-order valence-electron chi connectivity index (χ1n) is 8.76. The van der Waals surface area contributed by atoms with Crippen molar-refractivity contribution in [2.24, 2.45) is 5.92 Å². The highest BCUT2D eigenvalue weighted by Gasteiger charge is 2.38. The van der Waals surface area contributed by atoms with Gasteiger partial charge in [-0.1, -0.05) is 0 Å². The topological polar surface area (TPSA) is 45.7 Å². The van der Waals surface area contributed by atoms with Crippen LogP contribution in [0.1, 0.15) is 21.6 Å². The van der Waals surface area contributed by atoms with Crippen LogP contribution in [0.4, 0.5) is 0 Å². The van der Waals surface area contributed by atoms with Crippen molar-refractivity contribution in [3.8, 4) is 0 Å². The van der Waals surface area contributed by atoms with Crippen LogP contribution in [0.25, 0.3) is 0 Å². The highest BCUT2D eigenvalue weighted by atomic mass is 32.1. The van der Waals surface area contributed by atoms with Crippen molar-refractivity contribution in [2.75, 3.05) is 32.8 Å². The van der Waals surface area contributed by atoms with E-state index in [1.165, 1.54) is 5.56 Å². The quantitative estimate of drug-likeness (QED) is 0.846. The van der Waals surface area contributed by atoms with Gasteiger partial charge in [0.2, 0.25) is 0 Å². The van der Waals surface area contributed by atoms with Crippen molar-refractivity contribution in [1.82, 2.24) is 14.8 Å². The molecule has 0 spiro atoms. The summed E-state index contributed by atoms with van der Waals surface area (Å²) in [6, 6.07) is 5.94. The molecule has 0 saturated carbocycles. The second-order valence-electron chi connectivity index (χ2n) is 6.93. The molecule has 0 aliphatic carbocycles. The molecule has 6 heteroatoms. The zero-order valence-electron chi connectivity index (χ0n) is 14.4. The minimum atomic E-state index is 0.0635. The van der Waals surface area contributed by atoms with Crippen LogP contribution in [0.2, 0.25) is 0 Å². The van der Waals surface area contributed by atoms with E-state index in [0.717, 1.165) is 38.5 Å². The highest BCUT2D eigenvalue weighted by Crippen LogP contribution is 2.26. The lowest BCUT2D eigenvalue weighted by Crippen LogP contribution is -2.33. The number of thiophene rings is 1. The van der Waals surface area contributed by atoms with E-state index in [4.69, 9.17) is 4.74 Å². The molecule has 5 nitrogen and oxygen atoms in total. The lowest BCUT2D eigenvalue weighted by atomic mass is 10.1. The van der Waals surface area contributed by atoms with Crippen molar-refractivity contribution in [3.05, 3.63) is 52.0 Å². The van der Waals surface area contributed by atoms with Crippen LogP contribution in [-0.4, -0.2) is 59.6 Å². The van der Waals surface area contributed by atoms with Gasteiger partial charge in [-0.15, -0.1) is 0 Å². The largest absolute Gasteiger partial charge is 0.375 e.